The zero-order chi connectivity index (χ0) is 21.5. The molecule has 0 saturated carbocycles. The van der Waals surface area contributed by atoms with Gasteiger partial charge in [0, 0.05) is 13.1 Å². The Balaban J connectivity index is 1.74. The smallest absolute Gasteiger partial charge is 0.243 e. The van der Waals surface area contributed by atoms with Crippen molar-refractivity contribution in [1.82, 2.24) is 20.2 Å². The third-order valence-electron chi connectivity index (χ3n) is 4.15. The Hall–Kier alpha value is -2.22. The lowest BCUT2D eigenvalue weighted by Gasteiger charge is -2.16. The van der Waals surface area contributed by atoms with Crippen LogP contribution < -0.4 is 14.8 Å². The molecule has 30 heavy (non-hydrogen) atoms. The zero-order valence-corrected chi connectivity index (χ0v) is 18.9. The molecule has 3 aromatic rings. The van der Waals surface area contributed by atoms with Crippen LogP contribution in [-0.4, -0.2) is 26.8 Å². The standard InChI is InChI=1S/C20H22Cl3N5O2/c1-3-7-28-20(25-26-27-28)24-11-14-9-17(23)19(18(10-14)29-4-2)30-12-13-5-6-15(21)16(22)8-13/h5-6,8-10H,3-4,7,11-12H2,1-2H3,(H,24,25,27). The molecule has 160 valence electrons. The SMILES string of the molecule is CCCn1nnnc1NCc1cc(Cl)c(OCc2ccc(Cl)c(Cl)c2)c(OCC)c1. The third kappa shape index (κ3) is 5.68. The largest absolute Gasteiger partial charge is 0.490 e. The first-order valence-corrected chi connectivity index (χ1v) is 10.7. The number of ether oxygens (including phenoxy) is 2. The van der Waals surface area contributed by atoms with Gasteiger partial charge in [0.05, 0.1) is 21.7 Å². The number of nitrogens with zero attached hydrogens (tertiary/aromatic N) is 4. The lowest BCUT2D eigenvalue weighted by molar-refractivity contribution is 0.269. The summed E-state index contributed by atoms with van der Waals surface area (Å²) in [5, 5.41) is 16.3. The molecule has 7 nitrogen and oxygen atoms in total. The fraction of sp³-hybridized carbons (Fsp3) is 0.350. The quantitative estimate of drug-likeness (QED) is 0.414. The molecule has 0 aliphatic rings. The molecule has 0 radical (unpaired) electrons. The van der Waals surface area contributed by atoms with Crippen molar-refractivity contribution in [2.24, 2.45) is 0 Å². The van der Waals surface area contributed by atoms with Gasteiger partial charge in [0.15, 0.2) is 11.5 Å². The van der Waals surface area contributed by atoms with Crippen molar-refractivity contribution in [3.63, 3.8) is 0 Å². The van der Waals surface area contributed by atoms with E-state index in [0.717, 1.165) is 24.1 Å². The van der Waals surface area contributed by atoms with Crippen LogP contribution in [-0.2, 0) is 19.7 Å². The van der Waals surface area contributed by atoms with E-state index in [9.17, 15) is 0 Å². The molecule has 0 fully saturated rings. The van der Waals surface area contributed by atoms with Gasteiger partial charge in [0.1, 0.15) is 6.61 Å². The second-order valence-electron chi connectivity index (χ2n) is 6.45. The Morgan fingerprint density at radius 1 is 0.967 bits per heavy atom. The van der Waals surface area contributed by atoms with Crippen molar-refractivity contribution in [3.05, 3.63) is 56.5 Å². The minimum Gasteiger partial charge on any atom is -0.490 e. The van der Waals surface area contributed by atoms with E-state index < -0.39 is 0 Å². The molecule has 1 heterocycles. The number of anilines is 1. The molecule has 3 rings (SSSR count). The highest BCUT2D eigenvalue weighted by molar-refractivity contribution is 6.42. The van der Waals surface area contributed by atoms with E-state index in [1.807, 2.05) is 25.1 Å². The summed E-state index contributed by atoms with van der Waals surface area (Å²) in [5.41, 5.74) is 1.79. The van der Waals surface area contributed by atoms with Crippen LogP contribution in [0.15, 0.2) is 30.3 Å². The summed E-state index contributed by atoms with van der Waals surface area (Å²) in [6, 6.07) is 9.06. The summed E-state index contributed by atoms with van der Waals surface area (Å²) >= 11 is 18.6. The lowest BCUT2D eigenvalue weighted by atomic mass is 10.2. The first-order chi connectivity index (χ1) is 14.5. The van der Waals surface area contributed by atoms with Gasteiger partial charge in [0.25, 0.3) is 0 Å². The Kier molecular flexibility index (Phi) is 8.01. The van der Waals surface area contributed by atoms with Gasteiger partial charge in [-0.25, -0.2) is 4.68 Å². The van der Waals surface area contributed by atoms with Gasteiger partial charge >= 0.3 is 0 Å². The van der Waals surface area contributed by atoms with Crippen LogP contribution in [0.4, 0.5) is 5.95 Å². The number of hydrogen-bond acceptors (Lipinski definition) is 6. The van der Waals surface area contributed by atoms with Crippen molar-refractivity contribution < 1.29 is 9.47 Å². The van der Waals surface area contributed by atoms with E-state index >= 15 is 0 Å². The molecule has 1 N–H and O–H groups in total. The molecular weight excluding hydrogens is 449 g/mol. The van der Waals surface area contributed by atoms with Gasteiger partial charge in [0.2, 0.25) is 5.95 Å². The van der Waals surface area contributed by atoms with Crippen molar-refractivity contribution in [3.8, 4) is 11.5 Å². The maximum absolute atomic E-state index is 6.51. The summed E-state index contributed by atoms with van der Waals surface area (Å²) in [4.78, 5) is 0. The maximum atomic E-state index is 6.51. The maximum Gasteiger partial charge on any atom is 0.243 e. The van der Waals surface area contributed by atoms with E-state index in [2.05, 4.69) is 27.8 Å². The van der Waals surface area contributed by atoms with E-state index in [4.69, 9.17) is 44.3 Å². The average Bonchev–Trinajstić information content (AvgIpc) is 3.16. The predicted octanol–water partition coefficient (Wildman–Crippen LogP) is 5.63. The first kappa shape index (κ1) is 22.5. The molecule has 0 aliphatic heterocycles. The normalized spacial score (nSPS) is 10.8. The van der Waals surface area contributed by atoms with Crippen LogP contribution in [0, 0.1) is 0 Å². The minimum absolute atomic E-state index is 0.278. The number of hydrogen-bond donors (Lipinski definition) is 1. The topological polar surface area (TPSA) is 74.1 Å². The molecule has 0 saturated heterocycles. The van der Waals surface area contributed by atoms with Gasteiger partial charge in [-0.15, -0.1) is 0 Å². The predicted molar refractivity (Wildman–Crippen MR) is 119 cm³/mol. The summed E-state index contributed by atoms with van der Waals surface area (Å²) in [7, 11) is 0. The molecule has 0 amide bonds. The van der Waals surface area contributed by atoms with Crippen LogP contribution in [0.1, 0.15) is 31.4 Å². The van der Waals surface area contributed by atoms with Gasteiger partial charge < -0.3 is 14.8 Å². The van der Waals surface area contributed by atoms with E-state index in [-0.39, 0.29) is 6.61 Å². The van der Waals surface area contributed by atoms with Crippen molar-refractivity contribution >= 4 is 40.8 Å². The molecular formula is C20H22Cl3N5O2. The Labute approximate surface area is 190 Å². The zero-order valence-electron chi connectivity index (χ0n) is 16.7. The summed E-state index contributed by atoms with van der Waals surface area (Å²) in [5.74, 6) is 1.64. The highest BCUT2D eigenvalue weighted by Gasteiger charge is 2.14. The number of tetrazole rings is 1. The monoisotopic (exact) mass is 469 g/mol. The molecule has 0 atom stereocenters. The van der Waals surface area contributed by atoms with Crippen molar-refractivity contribution in [2.45, 2.75) is 40.0 Å². The fourth-order valence-electron chi connectivity index (χ4n) is 2.79. The number of benzene rings is 2. The molecule has 0 bridgehead atoms. The second-order valence-corrected chi connectivity index (χ2v) is 7.68. The fourth-order valence-corrected chi connectivity index (χ4v) is 3.39. The van der Waals surface area contributed by atoms with Crippen LogP contribution in [0.5, 0.6) is 11.5 Å². The number of rotatable bonds is 10. The Morgan fingerprint density at radius 3 is 2.50 bits per heavy atom. The molecule has 10 heteroatoms. The van der Waals surface area contributed by atoms with Gasteiger partial charge in [-0.05, 0) is 59.2 Å². The lowest BCUT2D eigenvalue weighted by Crippen LogP contribution is -2.09. The third-order valence-corrected chi connectivity index (χ3v) is 5.17. The highest BCUT2D eigenvalue weighted by atomic mass is 35.5. The van der Waals surface area contributed by atoms with Gasteiger partial charge in [-0.1, -0.05) is 52.9 Å². The van der Waals surface area contributed by atoms with Crippen molar-refractivity contribution in [1.29, 1.82) is 0 Å². The minimum atomic E-state index is 0.278. The molecule has 2 aromatic carbocycles. The summed E-state index contributed by atoms with van der Waals surface area (Å²) in [6.45, 7) is 5.95. The van der Waals surface area contributed by atoms with Crippen molar-refractivity contribution in [2.75, 3.05) is 11.9 Å². The van der Waals surface area contributed by atoms with Crippen LogP contribution in [0.3, 0.4) is 0 Å². The Morgan fingerprint density at radius 2 is 1.77 bits per heavy atom. The first-order valence-electron chi connectivity index (χ1n) is 9.53. The Bertz CT molecular complexity index is 997. The molecule has 1 aromatic heterocycles. The van der Waals surface area contributed by atoms with E-state index in [1.165, 1.54) is 0 Å². The number of nitrogens with one attached hydrogen (secondary N) is 1. The van der Waals surface area contributed by atoms with E-state index in [1.54, 1.807) is 16.8 Å². The molecule has 0 aliphatic carbocycles. The molecule has 0 spiro atoms. The summed E-state index contributed by atoms with van der Waals surface area (Å²) in [6.07, 6.45) is 0.935. The van der Waals surface area contributed by atoms with Gasteiger partial charge in [-0.3, -0.25) is 0 Å². The van der Waals surface area contributed by atoms with Crippen LogP contribution in [0.25, 0.3) is 0 Å². The number of halogens is 3. The second kappa shape index (κ2) is 10.7. The summed E-state index contributed by atoms with van der Waals surface area (Å²) < 4.78 is 13.4. The number of aromatic nitrogens is 4. The molecule has 0 unspecified atom stereocenters. The van der Waals surface area contributed by atoms with Gasteiger partial charge in [-0.2, -0.15) is 0 Å². The van der Waals surface area contributed by atoms with E-state index in [0.29, 0.717) is 45.7 Å². The van der Waals surface area contributed by atoms with Crippen LogP contribution >= 0.6 is 34.8 Å². The van der Waals surface area contributed by atoms with Crippen LogP contribution in [0.2, 0.25) is 15.1 Å². The highest BCUT2D eigenvalue weighted by Crippen LogP contribution is 2.37. The average molecular weight is 471 g/mol. The number of aryl methyl sites for hydroxylation is 1.